The molecule has 86 valence electrons. The average molecular weight is 225 g/mol. The molecule has 0 spiro atoms. The molecule has 14 heavy (non-hydrogen) atoms. The van der Waals surface area contributed by atoms with E-state index >= 15 is 0 Å². The lowest BCUT2D eigenvalue weighted by Crippen LogP contribution is -2.22. The van der Waals surface area contributed by atoms with Crippen LogP contribution in [0.3, 0.4) is 0 Å². The molecule has 0 aliphatic rings. The Hall–Kier alpha value is 0.170. The largest absolute Gasteiger partial charge is 0.378 e. The third kappa shape index (κ3) is 12.2. The number of hydrogen-bond acceptors (Lipinski definition) is 3. The van der Waals surface area contributed by atoms with Gasteiger partial charge in [-0.3, -0.25) is 0 Å². The molecule has 0 aromatic heterocycles. The predicted molar refractivity (Wildman–Crippen MR) is 58.1 cm³/mol. The quantitative estimate of drug-likeness (QED) is 0.467. The van der Waals surface area contributed by atoms with Crippen LogP contribution in [0.4, 0.5) is 0 Å². The second kappa shape index (κ2) is 8.48. The molecule has 0 amide bonds. The summed E-state index contributed by atoms with van der Waals surface area (Å²) in [5.74, 6) is 0.535. The Morgan fingerprint density at radius 1 is 0.857 bits per heavy atom. The van der Waals surface area contributed by atoms with Crippen LogP contribution in [0.5, 0.6) is 0 Å². The van der Waals surface area contributed by atoms with E-state index in [1.807, 2.05) is 20.8 Å². The normalized spacial score (nSPS) is 12.0. The van der Waals surface area contributed by atoms with Gasteiger partial charge in [-0.15, -0.1) is 11.6 Å². The summed E-state index contributed by atoms with van der Waals surface area (Å²) in [6, 6.07) is 0. The molecule has 0 N–H and O–H groups in total. The summed E-state index contributed by atoms with van der Waals surface area (Å²) in [6.45, 7) is 9.10. The zero-order valence-electron chi connectivity index (χ0n) is 9.35. The minimum atomic E-state index is -0.0848. The molecule has 4 heteroatoms. The number of halogens is 1. The molecule has 0 aromatic carbocycles. The van der Waals surface area contributed by atoms with Crippen LogP contribution in [-0.2, 0) is 14.2 Å². The van der Waals surface area contributed by atoms with Gasteiger partial charge in [-0.05, 0) is 20.8 Å². The van der Waals surface area contributed by atoms with E-state index in [2.05, 4.69) is 0 Å². The predicted octanol–water partition coefficient (Wildman–Crippen LogP) is 2.07. The van der Waals surface area contributed by atoms with Crippen LogP contribution in [0.2, 0.25) is 0 Å². The van der Waals surface area contributed by atoms with E-state index in [9.17, 15) is 0 Å². The van der Waals surface area contributed by atoms with Crippen molar-refractivity contribution >= 4 is 11.6 Å². The van der Waals surface area contributed by atoms with Gasteiger partial charge >= 0.3 is 0 Å². The lowest BCUT2D eigenvalue weighted by atomic mass is 10.2. The minimum Gasteiger partial charge on any atom is -0.378 e. The van der Waals surface area contributed by atoms with Gasteiger partial charge in [-0.2, -0.15) is 0 Å². The Morgan fingerprint density at radius 2 is 1.36 bits per heavy atom. The van der Waals surface area contributed by atoms with E-state index in [-0.39, 0.29) is 5.60 Å². The van der Waals surface area contributed by atoms with Crippen LogP contribution in [0.25, 0.3) is 0 Å². The lowest BCUT2D eigenvalue weighted by molar-refractivity contribution is -0.0418. The first kappa shape index (κ1) is 14.2. The zero-order valence-corrected chi connectivity index (χ0v) is 10.1. The van der Waals surface area contributed by atoms with Crippen LogP contribution in [0.1, 0.15) is 20.8 Å². The van der Waals surface area contributed by atoms with E-state index in [0.717, 1.165) is 0 Å². The number of ether oxygens (including phenoxy) is 3. The minimum absolute atomic E-state index is 0.0848. The molecule has 0 unspecified atom stereocenters. The molecule has 3 nitrogen and oxygen atoms in total. The average Bonchev–Trinajstić information content (AvgIpc) is 2.08. The van der Waals surface area contributed by atoms with Crippen molar-refractivity contribution in [2.24, 2.45) is 0 Å². The number of rotatable bonds is 8. The summed E-state index contributed by atoms with van der Waals surface area (Å²) in [5, 5.41) is 0. The van der Waals surface area contributed by atoms with Crippen molar-refractivity contribution in [2.45, 2.75) is 26.4 Å². The fourth-order valence-electron chi connectivity index (χ4n) is 0.783. The maximum Gasteiger partial charge on any atom is 0.0707 e. The molecule has 0 aromatic rings. The van der Waals surface area contributed by atoms with Crippen LogP contribution >= 0.6 is 11.6 Å². The molecule has 0 radical (unpaired) electrons. The van der Waals surface area contributed by atoms with E-state index in [1.54, 1.807) is 0 Å². The summed E-state index contributed by atoms with van der Waals surface area (Å²) < 4.78 is 15.9. The Kier molecular flexibility index (Phi) is 8.58. The van der Waals surface area contributed by atoms with E-state index < -0.39 is 0 Å². The highest BCUT2D eigenvalue weighted by Crippen LogP contribution is 2.05. The van der Waals surface area contributed by atoms with E-state index in [0.29, 0.717) is 38.9 Å². The number of alkyl halides is 1. The first-order chi connectivity index (χ1) is 6.56. The highest BCUT2D eigenvalue weighted by atomic mass is 35.5. The Balaban J connectivity index is 2.99. The standard InChI is InChI=1S/C10H21ClO3/c1-10(2,3)14-9-8-13-7-6-12-5-4-11/h4-9H2,1-3H3. The van der Waals surface area contributed by atoms with Crippen molar-refractivity contribution in [3.63, 3.8) is 0 Å². The SMILES string of the molecule is CC(C)(C)OCCOCCOCCCl. The van der Waals surface area contributed by atoms with Gasteiger partial charge in [0, 0.05) is 5.88 Å². The van der Waals surface area contributed by atoms with Gasteiger partial charge in [0.25, 0.3) is 0 Å². The first-order valence-corrected chi connectivity index (χ1v) is 5.45. The molecular weight excluding hydrogens is 204 g/mol. The van der Waals surface area contributed by atoms with Crippen molar-refractivity contribution in [3.8, 4) is 0 Å². The third-order valence-corrected chi connectivity index (χ3v) is 1.51. The van der Waals surface area contributed by atoms with E-state index in [4.69, 9.17) is 25.8 Å². The molecule has 0 heterocycles. The summed E-state index contributed by atoms with van der Waals surface area (Å²) in [7, 11) is 0. The Morgan fingerprint density at radius 3 is 1.86 bits per heavy atom. The molecule has 0 aliphatic heterocycles. The van der Waals surface area contributed by atoms with Gasteiger partial charge < -0.3 is 14.2 Å². The van der Waals surface area contributed by atoms with E-state index in [1.165, 1.54) is 0 Å². The highest BCUT2D eigenvalue weighted by Gasteiger charge is 2.08. The van der Waals surface area contributed by atoms with Crippen molar-refractivity contribution in [1.82, 2.24) is 0 Å². The van der Waals surface area contributed by atoms with Crippen molar-refractivity contribution in [1.29, 1.82) is 0 Å². The summed E-state index contributed by atoms with van der Waals surface area (Å²) >= 11 is 5.43. The smallest absolute Gasteiger partial charge is 0.0707 e. The van der Waals surface area contributed by atoms with Gasteiger partial charge in [0.05, 0.1) is 38.6 Å². The fourth-order valence-corrected chi connectivity index (χ4v) is 0.892. The van der Waals surface area contributed by atoms with Gasteiger partial charge in [0.15, 0.2) is 0 Å². The zero-order chi connectivity index (χ0) is 10.9. The summed E-state index contributed by atoms with van der Waals surface area (Å²) in [5.41, 5.74) is -0.0848. The molecule has 0 aliphatic carbocycles. The van der Waals surface area contributed by atoms with Crippen molar-refractivity contribution < 1.29 is 14.2 Å². The maximum absolute atomic E-state index is 5.47. The molecule has 0 saturated carbocycles. The van der Waals surface area contributed by atoms with Gasteiger partial charge in [-0.25, -0.2) is 0 Å². The van der Waals surface area contributed by atoms with Crippen LogP contribution in [0, 0.1) is 0 Å². The second-order valence-corrected chi connectivity index (χ2v) is 4.25. The van der Waals surface area contributed by atoms with Gasteiger partial charge in [0.1, 0.15) is 0 Å². The topological polar surface area (TPSA) is 27.7 Å². The monoisotopic (exact) mass is 224 g/mol. The lowest BCUT2D eigenvalue weighted by Gasteiger charge is -2.19. The number of hydrogen-bond donors (Lipinski definition) is 0. The van der Waals surface area contributed by atoms with Gasteiger partial charge in [-0.1, -0.05) is 0 Å². The van der Waals surface area contributed by atoms with Crippen LogP contribution in [0.15, 0.2) is 0 Å². The molecular formula is C10H21ClO3. The summed E-state index contributed by atoms with van der Waals surface area (Å²) in [4.78, 5) is 0. The molecule has 0 atom stereocenters. The highest BCUT2D eigenvalue weighted by molar-refractivity contribution is 6.17. The third-order valence-electron chi connectivity index (χ3n) is 1.36. The summed E-state index contributed by atoms with van der Waals surface area (Å²) in [6.07, 6.45) is 0. The fraction of sp³-hybridized carbons (Fsp3) is 1.00. The Bertz CT molecular complexity index is 123. The van der Waals surface area contributed by atoms with Crippen LogP contribution in [-0.4, -0.2) is 44.5 Å². The molecule has 0 saturated heterocycles. The van der Waals surface area contributed by atoms with Crippen LogP contribution < -0.4 is 0 Å². The molecule has 0 fully saturated rings. The first-order valence-electron chi connectivity index (χ1n) is 4.91. The van der Waals surface area contributed by atoms with Crippen molar-refractivity contribution in [2.75, 3.05) is 38.9 Å². The second-order valence-electron chi connectivity index (χ2n) is 3.87. The Labute approximate surface area is 91.7 Å². The molecule has 0 rings (SSSR count). The molecule has 0 bridgehead atoms. The van der Waals surface area contributed by atoms with Crippen molar-refractivity contribution in [3.05, 3.63) is 0 Å². The van der Waals surface area contributed by atoms with Gasteiger partial charge in [0.2, 0.25) is 0 Å². The maximum atomic E-state index is 5.47.